The first-order chi connectivity index (χ1) is 7.27. The van der Waals surface area contributed by atoms with E-state index in [9.17, 15) is 4.79 Å². The minimum atomic E-state index is -0.639. The van der Waals surface area contributed by atoms with Gasteiger partial charge in [-0.05, 0) is 43.2 Å². The van der Waals surface area contributed by atoms with E-state index in [1.165, 1.54) is 5.56 Å². The number of carbonyl (C=O) groups is 1. The zero-order valence-corrected chi connectivity index (χ0v) is 8.60. The molecule has 1 saturated carbocycles. The normalized spacial score (nSPS) is 26.1. The second kappa shape index (κ2) is 4.43. The first kappa shape index (κ1) is 10.1. The predicted octanol–water partition coefficient (Wildman–Crippen LogP) is 2.44. The molecule has 0 atom stereocenters. The number of hydrogen-bond acceptors (Lipinski definition) is 2. The molecule has 0 aromatic carbocycles. The van der Waals surface area contributed by atoms with Crippen LogP contribution in [0.15, 0.2) is 24.5 Å². The van der Waals surface area contributed by atoms with Gasteiger partial charge in [0, 0.05) is 12.4 Å². The highest BCUT2D eigenvalue weighted by atomic mass is 16.4. The molecule has 0 unspecified atom stereocenters. The van der Waals surface area contributed by atoms with Crippen molar-refractivity contribution in [1.82, 2.24) is 4.98 Å². The molecule has 3 nitrogen and oxygen atoms in total. The molecule has 1 fully saturated rings. The Hall–Kier alpha value is -1.38. The van der Waals surface area contributed by atoms with Crippen LogP contribution in [0.25, 0.3) is 0 Å². The van der Waals surface area contributed by atoms with Crippen LogP contribution in [-0.4, -0.2) is 16.1 Å². The summed E-state index contributed by atoms with van der Waals surface area (Å²) in [5.74, 6) is -0.258. The van der Waals surface area contributed by atoms with Gasteiger partial charge < -0.3 is 5.11 Å². The molecule has 0 spiro atoms. The molecule has 0 bridgehead atoms. The lowest BCUT2D eigenvalue weighted by Crippen LogP contribution is -2.20. The molecule has 0 radical (unpaired) electrons. The lowest BCUT2D eigenvalue weighted by Gasteiger charge is -2.25. The number of aromatic nitrogens is 1. The fraction of sp³-hybridized carbons (Fsp3) is 0.500. The van der Waals surface area contributed by atoms with Crippen LogP contribution in [-0.2, 0) is 4.79 Å². The van der Waals surface area contributed by atoms with E-state index in [2.05, 4.69) is 11.1 Å². The average Bonchev–Trinajstić information content (AvgIpc) is 2.30. The van der Waals surface area contributed by atoms with Crippen molar-refractivity contribution in [2.24, 2.45) is 5.92 Å². The van der Waals surface area contributed by atoms with E-state index in [1.54, 1.807) is 6.20 Å². The average molecular weight is 205 g/mol. The monoisotopic (exact) mass is 205 g/mol. The molecule has 1 aromatic heterocycles. The Morgan fingerprint density at radius 3 is 2.60 bits per heavy atom. The molecule has 1 N–H and O–H groups in total. The summed E-state index contributed by atoms with van der Waals surface area (Å²) in [6, 6.07) is 4.03. The van der Waals surface area contributed by atoms with E-state index in [0.29, 0.717) is 5.92 Å². The molecule has 0 saturated heterocycles. The lowest BCUT2D eigenvalue weighted by molar-refractivity contribution is -0.142. The number of pyridine rings is 1. The highest BCUT2D eigenvalue weighted by Crippen LogP contribution is 2.35. The standard InChI is InChI=1S/C12H15NO2/c14-12(15)10-5-3-9(4-6-10)11-2-1-7-13-8-11/h1-2,7-10H,3-6H2,(H,14,15). The van der Waals surface area contributed by atoms with E-state index in [0.717, 1.165) is 25.7 Å². The van der Waals surface area contributed by atoms with Gasteiger partial charge in [0.2, 0.25) is 0 Å². The Morgan fingerprint density at radius 2 is 2.07 bits per heavy atom. The third kappa shape index (κ3) is 2.35. The van der Waals surface area contributed by atoms with Crippen molar-refractivity contribution in [3.8, 4) is 0 Å². The largest absolute Gasteiger partial charge is 0.481 e. The van der Waals surface area contributed by atoms with Crippen molar-refractivity contribution in [1.29, 1.82) is 0 Å². The van der Waals surface area contributed by atoms with Crippen LogP contribution in [0, 0.1) is 5.92 Å². The topological polar surface area (TPSA) is 50.2 Å². The number of aliphatic carboxylic acids is 1. The molecule has 1 aliphatic carbocycles. The Bertz CT molecular complexity index is 329. The molecule has 1 aliphatic rings. The number of carboxylic acid groups (broad SMARTS) is 1. The first-order valence-electron chi connectivity index (χ1n) is 5.40. The minimum absolute atomic E-state index is 0.127. The third-order valence-corrected chi connectivity index (χ3v) is 3.23. The van der Waals surface area contributed by atoms with Crippen molar-refractivity contribution < 1.29 is 9.90 Å². The zero-order valence-electron chi connectivity index (χ0n) is 8.60. The van der Waals surface area contributed by atoms with Crippen molar-refractivity contribution in [2.75, 3.05) is 0 Å². The maximum Gasteiger partial charge on any atom is 0.306 e. The molecule has 0 amide bonds. The Morgan fingerprint density at radius 1 is 1.33 bits per heavy atom. The Labute approximate surface area is 89.2 Å². The van der Waals surface area contributed by atoms with Crippen LogP contribution in [0.5, 0.6) is 0 Å². The SMILES string of the molecule is O=C(O)C1CCC(c2cccnc2)CC1. The van der Waals surface area contributed by atoms with Crippen LogP contribution < -0.4 is 0 Å². The van der Waals surface area contributed by atoms with Crippen molar-refractivity contribution >= 4 is 5.97 Å². The van der Waals surface area contributed by atoms with E-state index >= 15 is 0 Å². The molecule has 3 heteroatoms. The predicted molar refractivity (Wildman–Crippen MR) is 56.6 cm³/mol. The van der Waals surface area contributed by atoms with Crippen LogP contribution in [0.1, 0.15) is 37.2 Å². The number of rotatable bonds is 2. The second-order valence-electron chi connectivity index (χ2n) is 4.17. The zero-order chi connectivity index (χ0) is 10.7. The summed E-state index contributed by atoms with van der Waals surface area (Å²) in [6.45, 7) is 0. The van der Waals surface area contributed by atoms with Crippen molar-refractivity contribution in [2.45, 2.75) is 31.6 Å². The lowest BCUT2D eigenvalue weighted by atomic mass is 9.79. The van der Waals surface area contributed by atoms with Crippen LogP contribution in [0.2, 0.25) is 0 Å². The van der Waals surface area contributed by atoms with Crippen molar-refractivity contribution in [3.63, 3.8) is 0 Å². The van der Waals surface area contributed by atoms with Gasteiger partial charge in [-0.15, -0.1) is 0 Å². The molecule has 80 valence electrons. The summed E-state index contributed by atoms with van der Waals surface area (Å²) in [5.41, 5.74) is 1.25. The van der Waals surface area contributed by atoms with Gasteiger partial charge in [-0.2, -0.15) is 0 Å². The number of hydrogen-bond donors (Lipinski definition) is 1. The maximum atomic E-state index is 10.8. The van der Waals surface area contributed by atoms with Gasteiger partial charge in [0.05, 0.1) is 5.92 Å². The van der Waals surface area contributed by atoms with Crippen molar-refractivity contribution in [3.05, 3.63) is 30.1 Å². The quantitative estimate of drug-likeness (QED) is 0.806. The summed E-state index contributed by atoms with van der Waals surface area (Å²) in [5, 5.41) is 8.88. The summed E-state index contributed by atoms with van der Waals surface area (Å²) in [7, 11) is 0. The maximum absolute atomic E-state index is 10.8. The molecule has 15 heavy (non-hydrogen) atoms. The summed E-state index contributed by atoms with van der Waals surface area (Å²) >= 11 is 0. The van der Waals surface area contributed by atoms with Gasteiger partial charge in [0.25, 0.3) is 0 Å². The Kier molecular flexibility index (Phi) is 2.99. The smallest absolute Gasteiger partial charge is 0.306 e. The Balaban J connectivity index is 1.97. The van der Waals surface area contributed by atoms with Gasteiger partial charge in [0.1, 0.15) is 0 Å². The summed E-state index contributed by atoms with van der Waals surface area (Å²) in [4.78, 5) is 14.9. The van der Waals surface area contributed by atoms with E-state index in [4.69, 9.17) is 5.11 Å². The van der Waals surface area contributed by atoms with Gasteiger partial charge in [0.15, 0.2) is 0 Å². The first-order valence-corrected chi connectivity index (χ1v) is 5.40. The van der Waals surface area contributed by atoms with Gasteiger partial charge >= 0.3 is 5.97 Å². The fourth-order valence-corrected chi connectivity index (χ4v) is 2.29. The molecular formula is C12H15NO2. The third-order valence-electron chi connectivity index (χ3n) is 3.23. The summed E-state index contributed by atoms with van der Waals surface area (Å²) in [6.07, 6.45) is 7.22. The summed E-state index contributed by atoms with van der Waals surface area (Å²) < 4.78 is 0. The molecule has 1 aromatic rings. The molecular weight excluding hydrogens is 190 g/mol. The van der Waals surface area contributed by atoms with Crippen LogP contribution >= 0.6 is 0 Å². The fourth-order valence-electron chi connectivity index (χ4n) is 2.29. The van der Waals surface area contributed by atoms with Crippen LogP contribution in [0.3, 0.4) is 0 Å². The highest BCUT2D eigenvalue weighted by Gasteiger charge is 2.26. The second-order valence-corrected chi connectivity index (χ2v) is 4.17. The van der Waals surface area contributed by atoms with Gasteiger partial charge in [-0.25, -0.2) is 0 Å². The number of carboxylic acids is 1. The highest BCUT2D eigenvalue weighted by molar-refractivity contribution is 5.70. The molecule has 2 rings (SSSR count). The van der Waals surface area contributed by atoms with Gasteiger partial charge in [-0.3, -0.25) is 9.78 Å². The van der Waals surface area contributed by atoms with Crippen LogP contribution in [0.4, 0.5) is 0 Å². The van der Waals surface area contributed by atoms with Gasteiger partial charge in [-0.1, -0.05) is 6.07 Å². The molecule has 1 heterocycles. The number of nitrogens with zero attached hydrogens (tertiary/aromatic N) is 1. The molecule has 0 aliphatic heterocycles. The minimum Gasteiger partial charge on any atom is -0.481 e. The van der Waals surface area contributed by atoms with E-state index in [1.807, 2.05) is 12.3 Å². The van der Waals surface area contributed by atoms with E-state index < -0.39 is 5.97 Å². The van der Waals surface area contributed by atoms with E-state index in [-0.39, 0.29) is 5.92 Å².